The minimum Gasteiger partial charge on any atom is -0.497 e. The largest absolute Gasteiger partial charge is 0.497 e. The Labute approximate surface area is 112 Å². The lowest BCUT2D eigenvalue weighted by Gasteiger charge is -2.13. The molecule has 0 saturated carbocycles. The van der Waals surface area contributed by atoms with E-state index in [0.29, 0.717) is 17.4 Å². The maximum Gasteiger partial charge on any atom is 0.207 e. The molecule has 0 aliphatic carbocycles. The predicted molar refractivity (Wildman–Crippen MR) is 73.6 cm³/mol. The lowest BCUT2D eigenvalue weighted by molar-refractivity contribution is 0.414. The minimum atomic E-state index is -0.336. The number of nitrogens with one attached hydrogen (secondary N) is 1. The van der Waals surface area contributed by atoms with Crippen molar-refractivity contribution in [3.8, 4) is 5.75 Å². The Morgan fingerprint density at radius 2 is 2.11 bits per heavy atom. The van der Waals surface area contributed by atoms with Crippen LogP contribution in [0, 0.1) is 12.7 Å². The van der Waals surface area contributed by atoms with Crippen molar-refractivity contribution >= 4 is 11.6 Å². The van der Waals surface area contributed by atoms with E-state index in [4.69, 9.17) is 4.74 Å². The van der Waals surface area contributed by atoms with Crippen LogP contribution in [0.5, 0.6) is 5.75 Å². The van der Waals surface area contributed by atoms with Gasteiger partial charge in [0.15, 0.2) is 0 Å². The van der Waals surface area contributed by atoms with Crippen LogP contribution in [0.2, 0.25) is 0 Å². The Balaban J connectivity index is 2.35. The van der Waals surface area contributed by atoms with Crippen LogP contribution in [0.4, 0.5) is 16.0 Å². The molecule has 19 heavy (non-hydrogen) atoms. The molecule has 1 N–H and O–H groups in total. The number of halogens is 1. The van der Waals surface area contributed by atoms with Crippen molar-refractivity contribution in [2.45, 2.75) is 26.8 Å². The minimum absolute atomic E-state index is 0.248. The predicted octanol–water partition coefficient (Wildman–Crippen LogP) is 3.66. The summed E-state index contributed by atoms with van der Waals surface area (Å²) in [5.74, 6) is 0.889. The fourth-order valence-corrected chi connectivity index (χ4v) is 1.85. The zero-order valence-corrected chi connectivity index (χ0v) is 11.6. The quantitative estimate of drug-likeness (QED) is 0.914. The van der Waals surface area contributed by atoms with Gasteiger partial charge in [-0.15, -0.1) is 0 Å². The standard InChI is InChI=1S/C14H18FN3O/c1-9(2)18-8-10(3)16-14(18)17-13-7-11(19-4)5-6-12(13)15/h5-9H,1-4H3,(H,16,17). The van der Waals surface area contributed by atoms with Crippen LogP contribution < -0.4 is 10.1 Å². The van der Waals surface area contributed by atoms with Crippen molar-refractivity contribution in [3.63, 3.8) is 0 Å². The molecule has 0 saturated heterocycles. The second-order valence-corrected chi connectivity index (χ2v) is 4.68. The molecule has 2 aromatic rings. The molecule has 2 rings (SSSR count). The molecule has 0 atom stereocenters. The second-order valence-electron chi connectivity index (χ2n) is 4.68. The first-order valence-corrected chi connectivity index (χ1v) is 6.17. The van der Waals surface area contributed by atoms with Crippen molar-refractivity contribution < 1.29 is 9.13 Å². The number of methoxy groups -OCH3 is 1. The average Bonchev–Trinajstić information content (AvgIpc) is 2.73. The molecule has 0 aliphatic rings. The molecule has 1 aromatic heterocycles. The van der Waals surface area contributed by atoms with E-state index < -0.39 is 0 Å². The van der Waals surface area contributed by atoms with E-state index >= 15 is 0 Å². The normalized spacial score (nSPS) is 10.8. The van der Waals surface area contributed by atoms with Crippen LogP contribution in [-0.2, 0) is 0 Å². The summed E-state index contributed by atoms with van der Waals surface area (Å²) in [6.07, 6.45) is 1.94. The van der Waals surface area contributed by atoms with Crippen molar-refractivity contribution in [3.05, 3.63) is 35.9 Å². The first-order valence-electron chi connectivity index (χ1n) is 6.17. The third kappa shape index (κ3) is 2.86. The molecule has 5 heteroatoms. The molecule has 0 bridgehead atoms. The Kier molecular flexibility index (Phi) is 3.74. The van der Waals surface area contributed by atoms with E-state index in [2.05, 4.69) is 10.3 Å². The fraction of sp³-hybridized carbons (Fsp3) is 0.357. The summed E-state index contributed by atoms with van der Waals surface area (Å²) in [5, 5.41) is 3.01. The number of aryl methyl sites for hydroxylation is 1. The SMILES string of the molecule is COc1ccc(F)c(Nc2nc(C)cn2C(C)C)c1. The second kappa shape index (κ2) is 5.30. The maximum absolute atomic E-state index is 13.8. The first kappa shape index (κ1) is 13.4. The third-order valence-corrected chi connectivity index (χ3v) is 2.83. The highest BCUT2D eigenvalue weighted by atomic mass is 19.1. The van der Waals surface area contributed by atoms with Gasteiger partial charge in [0, 0.05) is 18.3 Å². The molecule has 0 unspecified atom stereocenters. The Hall–Kier alpha value is -2.04. The molecule has 0 fully saturated rings. The summed E-state index contributed by atoms with van der Waals surface area (Å²) in [4.78, 5) is 4.37. The van der Waals surface area contributed by atoms with Crippen LogP contribution in [0.15, 0.2) is 24.4 Å². The summed E-state index contributed by atoms with van der Waals surface area (Å²) in [7, 11) is 1.55. The van der Waals surface area contributed by atoms with Crippen LogP contribution in [-0.4, -0.2) is 16.7 Å². The lowest BCUT2D eigenvalue weighted by Crippen LogP contribution is -2.06. The number of imidazole rings is 1. The molecule has 0 radical (unpaired) electrons. The summed E-state index contributed by atoms with van der Waals surface area (Å²) < 4.78 is 20.8. The molecular weight excluding hydrogens is 245 g/mol. The highest BCUT2D eigenvalue weighted by Crippen LogP contribution is 2.25. The van der Waals surface area contributed by atoms with E-state index in [0.717, 1.165) is 5.69 Å². The number of nitrogens with zero attached hydrogens (tertiary/aromatic N) is 2. The van der Waals surface area contributed by atoms with E-state index in [1.807, 2.05) is 31.5 Å². The summed E-state index contributed by atoms with van der Waals surface area (Å²) >= 11 is 0. The lowest BCUT2D eigenvalue weighted by atomic mass is 10.3. The number of benzene rings is 1. The van der Waals surface area contributed by atoms with Gasteiger partial charge in [-0.2, -0.15) is 0 Å². The Morgan fingerprint density at radius 3 is 2.74 bits per heavy atom. The van der Waals surface area contributed by atoms with Gasteiger partial charge in [-0.05, 0) is 32.9 Å². The van der Waals surface area contributed by atoms with Gasteiger partial charge in [0.2, 0.25) is 5.95 Å². The maximum atomic E-state index is 13.8. The Morgan fingerprint density at radius 1 is 1.37 bits per heavy atom. The van der Waals surface area contributed by atoms with Crippen LogP contribution in [0.25, 0.3) is 0 Å². The van der Waals surface area contributed by atoms with Crippen molar-refractivity contribution in [1.29, 1.82) is 0 Å². The van der Waals surface area contributed by atoms with Gasteiger partial charge in [0.25, 0.3) is 0 Å². The van der Waals surface area contributed by atoms with Crippen molar-refractivity contribution in [2.75, 3.05) is 12.4 Å². The zero-order valence-electron chi connectivity index (χ0n) is 11.6. The van der Waals surface area contributed by atoms with Gasteiger partial charge in [0.1, 0.15) is 11.6 Å². The average molecular weight is 263 g/mol. The van der Waals surface area contributed by atoms with Gasteiger partial charge in [-0.3, -0.25) is 0 Å². The summed E-state index contributed by atoms with van der Waals surface area (Å²) in [5.41, 5.74) is 1.24. The molecule has 1 heterocycles. The molecule has 102 valence electrons. The van der Waals surface area contributed by atoms with Gasteiger partial charge in [-0.1, -0.05) is 0 Å². The number of rotatable bonds is 4. The van der Waals surface area contributed by atoms with Crippen LogP contribution >= 0.6 is 0 Å². The summed E-state index contributed by atoms with van der Waals surface area (Å²) in [6.45, 7) is 6.01. The number of hydrogen-bond donors (Lipinski definition) is 1. The van der Waals surface area contributed by atoms with E-state index in [-0.39, 0.29) is 11.9 Å². The highest BCUT2D eigenvalue weighted by molar-refractivity contribution is 5.57. The van der Waals surface area contributed by atoms with Crippen molar-refractivity contribution in [1.82, 2.24) is 9.55 Å². The van der Waals surface area contributed by atoms with Gasteiger partial charge in [-0.25, -0.2) is 9.37 Å². The van der Waals surface area contributed by atoms with Crippen molar-refractivity contribution in [2.24, 2.45) is 0 Å². The first-order chi connectivity index (χ1) is 9.01. The van der Waals surface area contributed by atoms with Gasteiger partial charge in [0.05, 0.1) is 18.5 Å². The third-order valence-electron chi connectivity index (χ3n) is 2.83. The number of ether oxygens (including phenoxy) is 1. The molecule has 1 aromatic carbocycles. The molecule has 0 amide bonds. The topological polar surface area (TPSA) is 39.1 Å². The van der Waals surface area contributed by atoms with E-state index in [1.165, 1.54) is 6.07 Å². The zero-order chi connectivity index (χ0) is 14.0. The van der Waals surface area contributed by atoms with Gasteiger partial charge >= 0.3 is 0 Å². The Bertz CT molecular complexity index is 578. The smallest absolute Gasteiger partial charge is 0.207 e. The van der Waals surface area contributed by atoms with E-state index in [9.17, 15) is 4.39 Å². The number of anilines is 2. The molecule has 4 nitrogen and oxygen atoms in total. The molecule has 0 spiro atoms. The molecular formula is C14H18FN3O. The van der Waals surface area contributed by atoms with Gasteiger partial charge < -0.3 is 14.6 Å². The van der Waals surface area contributed by atoms with Crippen LogP contribution in [0.1, 0.15) is 25.6 Å². The summed E-state index contributed by atoms with van der Waals surface area (Å²) in [6, 6.07) is 4.82. The van der Waals surface area contributed by atoms with Crippen LogP contribution in [0.3, 0.4) is 0 Å². The molecule has 0 aliphatic heterocycles. The van der Waals surface area contributed by atoms with E-state index in [1.54, 1.807) is 19.2 Å². The fourth-order valence-electron chi connectivity index (χ4n) is 1.85. The number of hydrogen-bond acceptors (Lipinski definition) is 3. The monoisotopic (exact) mass is 263 g/mol. The number of aromatic nitrogens is 2. The highest BCUT2D eigenvalue weighted by Gasteiger charge is 2.11.